The van der Waals surface area contributed by atoms with Crippen LogP contribution < -0.4 is 20.7 Å². The number of hydrogen-bond acceptors (Lipinski definition) is 7. The molecule has 1 aliphatic rings. The summed E-state index contributed by atoms with van der Waals surface area (Å²) in [6, 6.07) is 24.1. The maximum absolute atomic E-state index is 11.6. The van der Waals surface area contributed by atoms with Gasteiger partial charge in [0.25, 0.3) is 0 Å². The van der Waals surface area contributed by atoms with Gasteiger partial charge in [0.1, 0.15) is 5.75 Å². The quantitative estimate of drug-likeness (QED) is 0.203. The molecule has 208 valence electrons. The zero-order valence-corrected chi connectivity index (χ0v) is 23.1. The Bertz CT molecular complexity index is 1550. The van der Waals surface area contributed by atoms with Gasteiger partial charge < -0.3 is 20.7 Å². The predicted octanol–water partition coefficient (Wildman–Crippen LogP) is 6.20. The molecule has 0 saturated heterocycles. The molecule has 3 aromatic carbocycles. The standard InChI is InChI=1S/C33H34N6O2/c1-3-32(40)35-22-24-9-7-11-27(17-24)36-28-18-25-19-29(21-28)37-33-34-14-13-31(38-33)26-10-8-12-30(20-26)41-16-6-4-5-15-39(2)23-25/h3-5,7-14,17-21,36H,1,6,15-16,22-23H2,2H3,(H,35,40)(H,34,37,38)/b5-4+. The molecule has 0 spiro atoms. The number of carbonyl (C=O) groups excluding carboxylic acids is 1. The second-order valence-corrected chi connectivity index (χ2v) is 9.89. The van der Waals surface area contributed by atoms with Gasteiger partial charge in [0.15, 0.2) is 0 Å². The maximum Gasteiger partial charge on any atom is 0.243 e. The number of nitrogens with one attached hydrogen (secondary N) is 3. The van der Waals surface area contributed by atoms with Crippen LogP contribution in [0.3, 0.4) is 0 Å². The van der Waals surface area contributed by atoms with Crippen molar-refractivity contribution in [2.75, 3.05) is 30.8 Å². The van der Waals surface area contributed by atoms with Crippen LogP contribution in [0.1, 0.15) is 17.5 Å². The fraction of sp³-hybridized carbons (Fsp3) is 0.182. The maximum atomic E-state index is 11.6. The third-order valence-electron chi connectivity index (χ3n) is 6.49. The van der Waals surface area contributed by atoms with Gasteiger partial charge >= 0.3 is 0 Å². The second kappa shape index (κ2) is 13.4. The van der Waals surface area contributed by atoms with Crippen molar-refractivity contribution in [1.82, 2.24) is 20.2 Å². The normalized spacial score (nSPS) is 14.4. The Morgan fingerprint density at radius 2 is 1.98 bits per heavy atom. The summed E-state index contributed by atoms with van der Waals surface area (Å²) < 4.78 is 5.97. The summed E-state index contributed by atoms with van der Waals surface area (Å²) in [5.74, 6) is 1.13. The first-order valence-corrected chi connectivity index (χ1v) is 13.6. The molecule has 4 aromatic rings. The summed E-state index contributed by atoms with van der Waals surface area (Å²) in [5, 5.41) is 9.76. The van der Waals surface area contributed by atoms with Crippen molar-refractivity contribution in [2.45, 2.75) is 19.5 Å². The predicted molar refractivity (Wildman–Crippen MR) is 165 cm³/mol. The molecule has 6 bridgehead atoms. The number of anilines is 4. The minimum Gasteiger partial charge on any atom is -0.493 e. The van der Waals surface area contributed by atoms with Crippen molar-refractivity contribution in [3.63, 3.8) is 0 Å². The van der Waals surface area contributed by atoms with E-state index in [-0.39, 0.29) is 5.91 Å². The van der Waals surface area contributed by atoms with E-state index in [1.165, 1.54) is 6.08 Å². The Morgan fingerprint density at radius 3 is 2.88 bits per heavy atom. The van der Waals surface area contributed by atoms with Gasteiger partial charge in [0.05, 0.1) is 12.3 Å². The van der Waals surface area contributed by atoms with Crippen LogP contribution in [0.25, 0.3) is 11.3 Å². The summed E-state index contributed by atoms with van der Waals surface area (Å²) in [6.07, 6.45) is 8.21. The highest BCUT2D eigenvalue weighted by Gasteiger charge is 2.09. The van der Waals surface area contributed by atoms with E-state index >= 15 is 0 Å². The molecule has 0 aliphatic carbocycles. The molecule has 0 radical (unpaired) electrons. The lowest BCUT2D eigenvalue weighted by Gasteiger charge is -2.18. The van der Waals surface area contributed by atoms with Crippen LogP contribution in [0.4, 0.5) is 23.0 Å². The van der Waals surface area contributed by atoms with Crippen LogP contribution in [0, 0.1) is 0 Å². The van der Waals surface area contributed by atoms with Crippen LogP contribution in [0.2, 0.25) is 0 Å². The van der Waals surface area contributed by atoms with Crippen molar-refractivity contribution in [3.05, 3.63) is 115 Å². The second-order valence-electron chi connectivity index (χ2n) is 9.89. The molecule has 0 fully saturated rings. The summed E-state index contributed by atoms with van der Waals surface area (Å²) in [5.41, 5.74) is 6.62. The Hall–Kier alpha value is -4.95. The van der Waals surface area contributed by atoms with Gasteiger partial charge in [-0.2, -0.15) is 0 Å². The largest absolute Gasteiger partial charge is 0.493 e. The Morgan fingerprint density at radius 1 is 1.07 bits per heavy atom. The number of ether oxygens (including phenoxy) is 1. The number of aromatic nitrogens is 2. The minimum atomic E-state index is -0.199. The number of amides is 1. The summed E-state index contributed by atoms with van der Waals surface area (Å²) in [6.45, 7) is 6.12. The summed E-state index contributed by atoms with van der Waals surface area (Å²) in [7, 11) is 2.10. The number of fused-ring (bicyclic) bond motifs is 7. The number of carbonyl (C=O) groups is 1. The van der Waals surface area contributed by atoms with Gasteiger partial charge in [-0.15, -0.1) is 0 Å². The van der Waals surface area contributed by atoms with E-state index in [2.05, 4.69) is 63.7 Å². The number of hydrogen-bond donors (Lipinski definition) is 3. The molecule has 41 heavy (non-hydrogen) atoms. The first-order chi connectivity index (χ1) is 20.0. The van der Waals surface area contributed by atoms with Crippen LogP contribution in [0.15, 0.2) is 104 Å². The smallest absolute Gasteiger partial charge is 0.243 e. The van der Waals surface area contributed by atoms with E-state index in [4.69, 9.17) is 9.72 Å². The average Bonchev–Trinajstić information content (AvgIpc) is 2.97. The van der Waals surface area contributed by atoms with E-state index in [1.807, 2.05) is 60.7 Å². The van der Waals surface area contributed by atoms with Crippen LogP contribution in [0.5, 0.6) is 5.75 Å². The minimum absolute atomic E-state index is 0.199. The number of likely N-dealkylation sites (N-methyl/N-ethyl adjacent to an activating group) is 1. The number of rotatable bonds is 5. The summed E-state index contributed by atoms with van der Waals surface area (Å²) >= 11 is 0. The lowest BCUT2D eigenvalue weighted by atomic mass is 10.1. The zero-order chi connectivity index (χ0) is 28.4. The van der Waals surface area contributed by atoms with Crippen molar-refractivity contribution in [3.8, 4) is 17.0 Å². The molecule has 5 rings (SSSR count). The molecule has 1 aromatic heterocycles. The SMILES string of the molecule is C=CC(=O)NCc1cccc(Nc2cc3cc(c2)Nc2nccc(n2)-c2cccc(c2)OCC/C=C/CN(C)C3)c1. The van der Waals surface area contributed by atoms with Gasteiger partial charge in [0, 0.05) is 48.5 Å². The molecule has 3 N–H and O–H groups in total. The van der Waals surface area contributed by atoms with Crippen molar-refractivity contribution >= 4 is 28.9 Å². The molecule has 1 aliphatic heterocycles. The van der Waals surface area contributed by atoms with Crippen molar-refractivity contribution < 1.29 is 9.53 Å². The van der Waals surface area contributed by atoms with E-state index in [0.717, 1.165) is 64.7 Å². The van der Waals surface area contributed by atoms with E-state index < -0.39 is 0 Å². The number of benzene rings is 3. The van der Waals surface area contributed by atoms with Crippen molar-refractivity contribution in [2.24, 2.45) is 0 Å². The molecule has 0 atom stereocenters. The molecule has 0 saturated carbocycles. The molecule has 0 unspecified atom stereocenters. The van der Waals surface area contributed by atoms with Gasteiger partial charge in [-0.1, -0.05) is 43.0 Å². The van der Waals surface area contributed by atoms with Crippen LogP contribution in [-0.4, -0.2) is 41.0 Å². The van der Waals surface area contributed by atoms with Gasteiger partial charge in [-0.05, 0) is 79.2 Å². The molecule has 8 heteroatoms. The van der Waals surface area contributed by atoms with Crippen molar-refractivity contribution in [1.29, 1.82) is 0 Å². The monoisotopic (exact) mass is 546 g/mol. The average molecular weight is 547 g/mol. The molecule has 8 nitrogen and oxygen atoms in total. The lowest BCUT2D eigenvalue weighted by Crippen LogP contribution is -2.19. The molecule has 1 amide bonds. The molecular formula is C33H34N6O2. The lowest BCUT2D eigenvalue weighted by molar-refractivity contribution is -0.116. The Kier molecular flexibility index (Phi) is 9.03. The first kappa shape index (κ1) is 27.6. The topological polar surface area (TPSA) is 91.4 Å². The van der Waals surface area contributed by atoms with E-state index in [9.17, 15) is 4.79 Å². The molecular weight excluding hydrogens is 512 g/mol. The summed E-state index contributed by atoms with van der Waals surface area (Å²) in [4.78, 5) is 23.1. The Labute approximate surface area is 240 Å². The van der Waals surface area contributed by atoms with Gasteiger partial charge in [-0.3, -0.25) is 9.69 Å². The third-order valence-corrected chi connectivity index (χ3v) is 6.49. The van der Waals surface area contributed by atoms with E-state index in [1.54, 1.807) is 6.20 Å². The van der Waals surface area contributed by atoms with Crippen LogP contribution >= 0.6 is 0 Å². The zero-order valence-electron chi connectivity index (χ0n) is 23.1. The van der Waals surface area contributed by atoms with Crippen LogP contribution in [-0.2, 0) is 17.9 Å². The Balaban J connectivity index is 1.45. The third kappa shape index (κ3) is 8.03. The highest BCUT2D eigenvalue weighted by molar-refractivity contribution is 5.86. The van der Waals surface area contributed by atoms with Gasteiger partial charge in [-0.25, -0.2) is 9.97 Å². The fourth-order valence-corrected chi connectivity index (χ4v) is 4.56. The van der Waals surface area contributed by atoms with Gasteiger partial charge in [0.2, 0.25) is 11.9 Å². The fourth-order valence-electron chi connectivity index (χ4n) is 4.56. The van der Waals surface area contributed by atoms with E-state index in [0.29, 0.717) is 19.1 Å². The molecule has 2 heterocycles. The first-order valence-electron chi connectivity index (χ1n) is 13.6. The number of nitrogens with zero attached hydrogens (tertiary/aromatic N) is 3. The highest BCUT2D eigenvalue weighted by atomic mass is 16.5. The highest BCUT2D eigenvalue weighted by Crippen LogP contribution is 2.27.